The smallest absolute Gasteiger partial charge is 0.145 e. The second kappa shape index (κ2) is 6.97. The van der Waals surface area contributed by atoms with E-state index in [1.165, 1.54) is 10.8 Å². The molecule has 0 spiro atoms. The quantitative estimate of drug-likeness (QED) is 0.422. The first-order valence-corrected chi connectivity index (χ1v) is 9.67. The third kappa shape index (κ3) is 3.06. The lowest BCUT2D eigenvalue weighted by atomic mass is 10.1. The molecule has 0 radical (unpaired) electrons. The Balaban J connectivity index is 0.00000181. The van der Waals surface area contributed by atoms with Crippen molar-refractivity contribution >= 4 is 45.9 Å². The standard InChI is InChI=1S/C22H20N6.ClH/c1-2-15-11-20(22-25-7-8-26-22)28-18(15)10-13(1)17-9-14-3-4-16(12-19(14)27-17)21-23-5-6-24-21;/h1-4,9-12,27-28H,5-8H2,(H,23,24)(H,25,26);1H. The van der Waals surface area contributed by atoms with Crippen LogP contribution in [-0.2, 0) is 0 Å². The van der Waals surface area contributed by atoms with Gasteiger partial charge in [0, 0.05) is 51.7 Å². The number of nitrogens with zero attached hydrogens (tertiary/aromatic N) is 2. The number of aromatic nitrogens is 2. The van der Waals surface area contributed by atoms with Crippen molar-refractivity contribution in [3.8, 4) is 11.3 Å². The van der Waals surface area contributed by atoms with Crippen LogP contribution in [0.15, 0.2) is 58.5 Å². The zero-order chi connectivity index (χ0) is 18.5. The summed E-state index contributed by atoms with van der Waals surface area (Å²) in [6.07, 6.45) is 0. The van der Waals surface area contributed by atoms with Crippen LogP contribution in [-0.4, -0.2) is 47.8 Å². The number of benzene rings is 2. The van der Waals surface area contributed by atoms with Gasteiger partial charge in [-0.15, -0.1) is 12.4 Å². The molecule has 0 fully saturated rings. The van der Waals surface area contributed by atoms with Crippen molar-refractivity contribution in [3.05, 3.63) is 59.8 Å². The lowest BCUT2D eigenvalue weighted by Crippen LogP contribution is -2.19. The maximum atomic E-state index is 4.52. The van der Waals surface area contributed by atoms with Gasteiger partial charge in [-0.25, -0.2) is 0 Å². The van der Waals surface area contributed by atoms with Crippen molar-refractivity contribution in [1.82, 2.24) is 20.6 Å². The van der Waals surface area contributed by atoms with E-state index in [4.69, 9.17) is 0 Å². The SMILES string of the molecule is Cl.c1cc2cc(-c3ccc4cc(C5=NCCN5)[nH]c4c3)[nH]c2cc1C1=NCCN1. The highest BCUT2D eigenvalue weighted by Gasteiger charge is 2.13. The van der Waals surface area contributed by atoms with Gasteiger partial charge in [0.25, 0.3) is 0 Å². The third-order valence-electron chi connectivity index (χ3n) is 5.43. The first-order valence-electron chi connectivity index (χ1n) is 9.67. The van der Waals surface area contributed by atoms with Crippen molar-refractivity contribution in [2.24, 2.45) is 9.98 Å². The molecule has 0 unspecified atom stereocenters. The lowest BCUT2D eigenvalue weighted by molar-refractivity contribution is 0.959. The number of fused-ring (bicyclic) bond motifs is 2. The van der Waals surface area contributed by atoms with Crippen LogP contribution in [0.4, 0.5) is 0 Å². The minimum absolute atomic E-state index is 0. The average molecular weight is 405 g/mol. The Kier molecular flexibility index (Phi) is 4.28. The predicted octanol–water partition coefficient (Wildman–Crippen LogP) is 3.44. The first kappa shape index (κ1) is 17.8. The molecule has 29 heavy (non-hydrogen) atoms. The molecule has 0 saturated carbocycles. The minimum atomic E-state index is 0. The van der Waals surface area contributed by atoms with Crippen LogP contribution in [0.1, 0.15) is 11.3 Å². The number of aliphatic imine (C=N–C) groups is 2. The summed E-state index contributed by atoms with van der Waals surface area (Å²) in [5.41, 5.74) is 6.70. The second-order valence-corrected chi connectivity index (χ2v) is 7.28. The summed E-state index contributed by atoms with van der Waals surface area (Å²) in [5.74, 6) is 1.95. The van der Waals surface area contributed by atoms with Crippen LogP contribution >= 0.6 is 12.4 Å². The molecule has 2 aliphatic rings. The summed E-state index contributed by atoms with van der Waals surface area (Å²) in [6, 6.07) is 17.3. The molecule has 2 aromatic carbocycles. The Morgan fingerprint density at radius 2 is 1.21 bits per heavy atom. The van der Waals surface area contributed by atoms with Gasteiger partial charge in [-0.1, -0.05) is 24.3 Å². The van der Waals surface area contributed by atoms with Crippen molar-refractivity contribution in [2.75, 3.05) is 26.2 Å². The fourth-order valence-electron chi connectivity index (χ4n) is 4.02. The van der Waals surface area contributed by atoms with Gasteiger partial charge in [-0.05, 0) is 24.3 Å². The molecule has 0 atom stereocenters. The topological polar surface area (TPSA) is 80.4 Å². The summed E-state index contributed by atoms with van der Waals surface area (Å²) < 4.78 is 0. The highest BCUT2D eigenvalue weighted by Crippen LogP contribution is 2.28. The fraction of sp³-hybridized carbons (Fsp3) is 0.182. The normalized spacial score (nSPS) is 15.7. The van der Waals surface area contributed by atoms with Gasteiger partial charge in [0.1, 0.15) is 11.7 Å². The van der Waals surface area contributed by atoms with E-state index in [-0.39, 0.29) is 12.4 Å². The monoisotopic (exact) mass is 404 g/mol. The van der Waals surface area contributed by atoms with Gasteiger partial charge < -0.3 is 20.6 Å². The van der Waals surface area contributed by atoms with Crippen molar-refractivity contribution < 1.29 is 0 Å². The van der Waals surface area contributed by atoms with Gasteiger partial charge in [0.05, 0.1) is 18.8 Å². The van der Waals surface area contributed by atoms with Gasteiger partial charge in [0.2, 0.25) is 0 Å². The number of hydrogen-bond acceptors (Lipinski definition) is 4. The summed E-state index contributed by atoms with van der Waals surface area (Å²) in [4.78, 5) is 16.1. The third-order valence-corrected chi connectivity index (χ3v) is 5.43. The molecule has 0 bridgehead atoms. The second-order valence-electron chi connectivity index (χ2n) is 7.28. The highest BCUT2D eigenvalue weighted by atomic mass is 35.5. The molecule has 2 aromatic heterocycles. The maximum absolute atomic E-state index is 4.52. The molecule has 6 rings (SSSR count). The Morgan fingerprint density at radius 1 is 0.621 bits per heavy atom. The van der Waals surface area contributed by atoms with Crippen molar-refractivity contribution in [1.29, 1.82) is 0 Å². The molecule has 0 saturated heterocycles. The molecule has 0 aliphatic carbocycles. The fourth-order valence-corrected chi connectivity index (χ4v) is 4.02. The number of hydrogen-bond donors (Lipinski definition) is 4. The van der Waals surface area contributed by atoms with Crippen LogP contribution in [0.5, 0.6) is 0 Å². The molecular formula is C22H21ClN6. The number of H-pyrrole nitrogens is 2. The van der Waals surface area contributed by atoms with E-state index in [0.717, 1.165) is 71.4 Å². The molecule has 146 valence electrons. The van der Waals surface area contributed by atoms with Crippen LogP contribution in [0.2, 0.25) is 0 Å². The number of rotatable bonds is 3. The van der Waals surface area contributed by atoms with Gasteiger partial charge in [-0.3, -0.25) is 9.98 Å². The summed E-state index contributed by atoms with van der Waals surface area (Å²) in [6.45, 7) is 3.52. The van der Waals surface area contributed by atoms with E-state index in [2.05, 4.69) is 79.1 Å². The zero-order valence-corrected chi connectivity index (χ0v) is 16.6. The number of nitrogens with one attached hydrogen (secondary N) is 4. The van der Waals surface area contributed by atoms with E-state index in [1.807, 2.05) is 0 Å². The molecular weight excluding hydrogens is 384 g/mol. The highest BCUT2D eigenvalue weighted by molar-refractivity contribution is 6.04. The number of halogens is 1. The van der Waals surface area contributed by atoms with E-state index >= 15 is 0 Å². The summed E-state index contributed by atoms with van der Waals surface area (Å²) in [5, 5.41) is 9.06. The minimum Gasteiger partial charge on any atom is -0.368 e. The summed E-state index contributed by atoms with van der Waals surface area (Å²) in [7, 11) is 0. The molecule has 7 heteroatoms. The molecule has 0 amide bonds. The molecule has 6 nitrogen and oxygen atoms in total. The lowest BCUT2D eigenvalue weighted by Gasteiger charge is -2.02. The largest absolute Gasteiger partial charge is 0.368 e. The maximum Gasteiger partial charge on any atom is 0.145 e. The van der Waals surface area contributed by atoms with E-state index in [0.29, 0.717) is 0 Å². The Morgan fingerprint density at radius 3 is 1.90 bits per heavy atom. The van der Waals surface area contributed by atoms with Gasteiger partial charge >= 0.3 is 0 Å². The zero-order valence-electron chi connectivity index (χ0n) is 15.7. The predicted molar refractivity (Wildman–Crippen MR) is 122 cm³/mol. The Hall–Kier alpha value is -3.25. The summed E-state index contributed by atoms with van der Waals surface area (Å²) >= 11 is 0. The molecule has 4 aromatic rings. The van der Waals surface area contributed by atoms with Gasteiger partial charge in [-0.2, -0.15) is 0 Å². The average Bonchev–Trinajstić information content (AvgIpc) is 3.52. The van der Waals surface area contributed by atoms with Crippen LogP contribution in [0, 0.1) is 0 Å². The van der Waals surface area contributed by atoms with Crippen LogP contribution < -0.4 is 10.6 Å². The Labute approximate surface area is 173 Å². The molecule has 2 aliphatic heterocycles. The Bertz CT molecular complexity index is 1260. The number of amidine groups is 2. The molecule has 4 heterocycles. The first-order chi connectivity index (χ1) is 13.8. The van der Waals surface area contributed by atoms with E-state index < -0.39 is 0 Å². The van der Waals surface area contributed by atoms with E-state index in [9.17, 15) is 0 Å². The van der Waals surface area contributed by atoms with Crippen LogP contribution in [0.3, 0.4) is 0 Å². The molecule has 4 N–H and O–H groups in total. The van der Waals surface area contributed by atoms with Crippen LogP contribution in [0.25, 0.3) is 33.1 Å². The van der Waals surface area contributed by atoms with Gasteiger partial charge in [0.15, 0.2) is 0 Å². The van der Waals surface area contributed by atoms with E-state index in [1.54, 1.807) is 0 Å². The number of aromatic amines is 2. The van der Waals surface area contributed by atoms with Crippen molar-refractivity contribution in [3.63, 3.8) is 0 Å². The van der Waals surface area contributed by atoms with Crippen molar-refractivity contribution in [2.45, 2.75) is 0 Å².